The zero-order valence-electron chi connectivity index (χ0n) is 9.63. The second-order valence-electron chi connectivity index (χ2n) is 3.91. The van der Waals surface area contributed by atoms with Crippen molar-refractivity contribution in [1.29, 1.82) is 0 Å². The van der Waals surface area contributed by atoms with Gasteiger partial charge in [-0.1, -0.05) is 30.3 Å². The van der Waals surface area contributed by atoms with E-state index < -0.39 is 0 Å². The fourth-order valence-electron chi connectivity index (χ4n) is 1.81. The monoisotopic (exact) mass is 240 g/mol. The summed E-state index contributed by atoms with van der Waals surface area (Å²) in [6.45, 7) is 0.321. The van der Waals surface area contributed by atoms with E-state index in [1.54, 1.807) is 6.20 Å². The summed E-state index contributed by atoms with van der Waals surface area (Å²) in [7, 11) is 0. The molecule has 5 heteroatoms. The van der Waals surface area contributed by atoms with Crippen molar-refractivity contribution in [3.8, 4) is 17.0 Å². The Morgan fingerprint density at radius 2 is 2.00 bits per heavy atom. The van der Waals surface area contributed by atoms with Crippen LogP contribution in [0.2, 0.25) is 0 Å². The van der Waals surface area contributed by atoms with E-state index >= 15 is 0 Å². The topological polar surface area (TPSA) is 72.5 Å². The number of nitrogens with one attached hydrogen (secondary N) is 1. The van der Waals surface area contributed by atoms with Gasteiger partial charge in [0.05, 0.1) is 0 Å². The van der Waals surface area contributed by atoms with Crippen LogP contribution in [-0.4, -0.2) is 17.4 Å². The quantitative estimate of drug-likeness (QED) is 0.587. The van der Waals surface area contributed by atoms with E-state index in [0.717, 1.165) is 11.1 Å². The highest BCUT2D eigenvalue weighted by molar-refractivity contribution is 5.88. The highest BCUT2D eigenvalue weighted by Crippen LogP contribution is 2.32. The lowest BCUT2D eigenvalue weighted by Crippen LogP contribution is -2.36. The van der Waals surface area contributed by atoms with Crippen LogP contribution in [0.5, 0.6) is 5.88 Å². The Morgan fingerprint density at radius 3 is 2.78 bits per heavy atom. The molecule has 1 aromatic carbocycles. The fourth-order valence-corrected chi connectivity index (χ4v) is 1.81. The van der Waals surface area contributed by atoms with Crippen molar-refractivity contribution < 1.29 is 4.74 Å². The average Bonchev–Trinajstić information content (AvgIpc) is 2.47. The minimum absolute atomic E-state index is 0.321. The third-order valence-corrected chi connectivity index (χ3v) is 2.71. The van der Waals surface area contributed by atoms with Gasteiger partial charge in [0, 0.05) is 11.8 Å². The van der Waals surface area contributed by atoms with Crippen molar-refractivity contribution >= 4 is 11.5 Å². The number of benzene rings is 1. The lowest BCUT2D eigenvalue weighted by atomic mass is 10.1. The molecule has 0 bridgehead atoms. The van der Waals surface area contributed by atoms with Crippen LogP contribution in [0.25, 0.3) is 11.1 Å². The molecular weight excluding hydrogens is 228 g/mol. The van der Waals surface area contributed by atoms with Crippen molar-refractivity contribution in [3.63, 3.8) is 0 Å². The standard InChI is InChI=1S/C13H12N4O/c14-17-12-8-18-13-11(16-12)6-10(7-15-13)9-4-2-1-3-5-9/h1-7H,8,14H2,(H,16,17). The summed E-state index contributed by atoms with van der Waals surface area (Å²) in [4.78, 5) is 8.61. The number of hydrazine groups is 1. The Labute approximate surface area is 104 Å². The Morgan fingerprint density at radius 1 is 1.17 bits per heavy atom. The van der Waals surface area contributed by atoms with Gasteiger partial charge >= 0.3 is 0 Å². The number of nitrogens with two attached hydrogens (primary N) is 1. The number of hydrogen-bond acceptors (Lipinski definition) is 5. The van der Waals surface area contributed by atoms with E-state index in [1.165, 1.54) is 0 Å². The van der Waals surface area contributed by atoms with E-state index in [1.807, 2.05) is 36.4 Å². The highest BCUT2D eigenvalue weighted by Gasteiger charge is 2.14. The van der Waals surface area contributed by atoms with Crippen LogP contribution < -0.4 is 16.0 Å². The number of rotatable bonds is 1. The van der Waals surface area contributed by atoms with Gasteiger partial charge in [-0.3, -0.25) is 0 Å². The van der Waals surface area contributed by atoms with Gasteiger partial charge in [0.25, 0.3) is 0 Å². The first-order chi connectivity index (χ1) is 8.86. The summed E-state index contributed by atoms with van der Waals surface area (Å²) in [6, 6.07) is 11.9. The van der Waals surface area contributed by atoms with Crippen molar-refractivity contribution in [3.05, 3.63) is 42.6 Å². The first kappa shape index (κ1) is 10.7. The molecule has 2 aromatic rings. The first-order valence-corrected chi connectivity index (χ1v) is 5.59. The van der Waals surface area contributed by atoms with E-state index in [0.29, 0.717) is 24.0 Å². The van der Waals surface area contributed by atoms with Gasteiger partial charge in [0.1, 0.15) is 12.3 Å². The van der Waals surface area contributed by atoms with E-state index in [2.05, 4.69) is 15.4 Å². The first-order valence-electron chi connectivity index (χ1n) is 5.59. The molecular formula is C13H12N4O. The molecule has 3 N–H and O–H groups in total. The molecule has 1 aliphatic rings. The number of aliphatic imine (C=N–C) groups is 1. The van der Waals surface area contributed by atoms with Crippen molar-refractivity contribution in [2.45, 2.75) is 0 Å². The fraction of sp³-hybridized carbons (Fsp3) is 0.0769. The maximum Gasteiger partial charge on any atom is 0.240 e. The number of fused-ring (bicyclic) bond motifs is 1. The number of nitrogens with zero attached hydrogens (tertiary/aromatic N) is 2. The second kappa shape index (κ2) is 4.46. The van der Waals surface area contributed by atoms with Crippen LogP contribution >= 0.6 is 0 Å². The molecule has 2 heterocycles. The lowest BCUT2D eigenvalue weighted by molar-refractivity contribution is 0.353. The summed E-state index contributed by atoms with van der Waals surface area (Å²) in [5.74, 6) is 6.46. The molecule has 0 saturated heterocycles. The molecule has 0 fully saturated rings. The maximum atomic E-state index is 5.43. The van der Waals surface area contributed by atoms with Crippen LogP contribution in [0.15, 0.2) is 47.6 Å². The van der Waals surface area contributed by atoms with Crippen LogP contribution in [0.4, 0.5) is 5.69 Å². The molecule has 0 aliphatic carbocycles. The number of amidine groups is 1. The van der Waals surface area contributed by atoms with Gasteiger partial charge in [-0.2, -0.15) is 0 Å². The predicted octanol–water partition coefficient (Wildman–Crippen LogP) is 1.63. The Hall–Kier alpha value is -2.40. The Kier molecular flexibility index (Phi) is 2.66. The Bertz CT molecular complexity index is 595. The van der Waals surface area contributed by atoms with Crippen LogP contribution in [-0.2, 0) is 0 Å². The maximum absolute atomic E-state index is 5.43. The molecule has 90 valence electrons. The molecule has 0 saturated carbocycles. The summed E-state index contributed by atoms with van der Waals surface area (Å²) in [6.07, 6.45) is 1.78. The number of hydrogen-bond donors (Lipinski definition) is 2. The minimum Gasteiger partial charge on any atom is -0.468 e. The van der Waals surface area contributed by atoms with E-state index in [4.69, 9.17) is 10.6 Å². The summed E-state index contributed by atoms with van der Waals surface area (Å²) in [5, 5.41) is 0. The second-order valence-corrected chi connectivity index (χ2v) is 3.91. The summed E-state index contributed by atoms with van der Waals surface area (Å²) in [5.41, 5.74) is 5.28. The number of aromatic nitrogens is 1. The molecule has 1 aromatic heterocycles. The normalized spacial score (nSPS) is 13.3. The van der Waals surface area contributed by atoms with Crippen molar-refractivity contribution in [1.82, 2.24) is 10.4 Å². The van der Waals surface area contributed by atoms with Gasteiger partial charge in [0.15, 0.2) is 5.84 Å². The van der Waals surface area contributed by atoms with Crippen molar-refractivity contribution in [2.24, 2.45) is 10.8 Å². The molecule has 0 radical (unpaired) electrons. The van der Waals surface area contributed by atoms with E-state index in [-0.39, 0.29) is 0 Å². The van der Waals surface area contributed by atoms with Gasteiger partial charge in [0.2, 0.25) is 5.88 Å². The lowest BCUT2D eigenvalue weighted by Gasteiger charge is -2.15. The van der Waals surface area contributed by atoms with Crippen LogP contribution in [0, 0.1) is 0 Å². The summed E-state index contributed by atoms with van der Waals surface area (Å²) < 4.78 is 5.43. The molecule has 0 amide bonds. The third kappa shape index (κ3) is 1.91. The molecule has 5 nitrogen and oxygen atoms in total. The van der Waals surface area contributed by atoms with Gasteiger partial charge in [-0.25, -0.2) is 15.8 Å². The third-order valence-electron chi connectivity index (χ3n) is 2.71. The average molecular weight is 240 g/mol. The molecule has 1 aliphatic heterocycles. The van der Waals surface area contributed by atoms with Crippen LogP contribution in [0.3, 0.4) is 0 Å². The van der Waals surface area contributed by atoms with Crippen LogP contribution in [0.1, 0.15) is 0 Å². The molecule has 3 rings (SSSR count). The van der Waals surface area contributed by atoms with Gasteiger partial charge in [-0.15, -0.1) is 0 Å². The molecule has 0 unspecified atom stereocenters. The highest BCUT2D eigenvalue weighted by atomic mass is 16.5. The SMILES string of the molecule is NNC1=Nc2cc(-c3ccccc3)cnc2OC1. The largest absolute Gasteiger partial charge is 0.468 e. The van der Waals surface area contributed by atoms with Gasteiger partial charge in [-0.05, 0) is 11.6 Å². The van der Waals surface area contributed by atoms with Crippen molar-refractivity contribution in [2.75, 3.05) is 6.61 Å². The molecule has 0 atom stereocenters. The smallest absolute Gasteiger partial charge is 0.240 e. The zero-order valence-corrected chi connectivity index (χ0v) is 9.63. The Balaban J connectivity index is 2.04. The predicted molar refractivity (Wildman–Crippen MR) is 69.6 cm³/mol. The molecule has 0 spiro atoms. The summed E-state index contributed by atoms with van der Waals surface area (Å²) >= 11 is 0. The van der Waals surface area contributed by atoms with Gasteiger partial charge < -0.3 is 10.2 Å². The zero-order chi connectivity index (χ0) is 12.4. The number of pyridine rings is 1. The minimum atomic E-state index is 0.321. The molecule has 18 heavy (non-hydrogen) atoms. The number of ether oxygens (including phenoxy) is 1. The van der Waals surface area contributed by atoms with E-state index in [9.17, 15) is 0 Å².